The number of benzene rings is 1. The van der Waals surface area contributed by atoms with Crippen molar-refractivity contribution in [3.8, 4) is 0 Å². The van der Waals surface area contributed by atoms with Gasteiger partial charge in [0.15, 0.2) is 22.5 Å². The summed E-state index contributed by atoms with van der Waals surface area (Å²) in [6.07, 6.45) is 0.439. The second kappa shape index (κ2) is 8.07. The van der Waals surface area contributed by atoms with Gasteiger partial charge in [0, 0.05) is 12.0 Å². The first-order valence-corrected chi connectivity index (χ1v) is 9.52. The number of hydrogen-bond donors (Lipinski definition) is 5. The molecule has 1 fully saturated rings. The molecule has 0 bridgehead atoms. The van der Waals surface area contributed by atoms with E-state index in [4.69, 9.17) is 27.8 Å². The van der Waals surface area contributed by atoms with Crippen molar-refractivity contribution >= 4 is 52.1 Å². The van der Waals surface area contributed by atoms with Gasteiger partial charge in [-0.15, -0.1) is 0 Å². The van der Waals surface area contributed by atoms with Gasteiger partial charge in [0.05, 0.1) is 24.2 Å². The molecule has 4 rings (SSSR count). The molecule has 1 unspecified atom stereocenters. The number of nitrogens with one attached hydrogen (secondary N) is 3. The molecular weight excluding hydrogens is 428 g/mol. The van der Waals surface area contributed by atoms with Gasteiger partial charge in [0.1, 0.15) is 11.9 Å². The van der Waals surface area contributed by atoms with E-state index in [9.17, 15) is 14.4 Å². The van der Waals surface area contributed by atoms with Gasteiger partial charge in [-0.25, -0.2) is 19.7 Å². The summed E-state index contributed by atoms with van der Waals surface area (Å²) < 4.78 is 4.84. The van der Waals surface area contributed by atoms with Gasteiger partial charge in [-0.1, -0.05) is 11.6 Å². The van der Waals surface area contributed by atoms with Crippen LogP contribution in [0.1, 0.15) is 33.1 Å². The number of fused-ring (bicyclic) bond motifs is 1. The molecular formula is C18H17ClN8O4. The van der Waals surface area contributed by atoms with Crippen LogP contribution in [-0.4, -0.2) is 50.4 Å². The fourth-order valence-corrected chi connectivity index (χ4v) is 3.14. The van der Waals surface area contributed by atoms with Crippen molar-refractivity contribution in [2.45, 2.75) is 19.0 Å². The first kappa shape index (κ1) is 20.3. The first-order valence-electron chi connectivity index (χ1n) is 9.14. The smallest absolute Gasteiger partial charge is 0.328 e. The van der Waals surface area contributed by atoms with Gasteiger partial charge in [-0.2, -0.15) is 0 Å². The third-order valence-corrected chi connectivity index (χ3v) is 4.85. The molecule has 2 amide bonds. The number of halogens is 1. The second-order valence-corrected chi connectivity index (χ2v) is 7.07. The molecule has 12 nitrogen and oxygen atoms in total. The molecule has 0 spiro atoms. The molecule has 1 aromatic carbocycles. The van der Waals surface area contributed by atoms with Gasteiger partial charge in [-0.05, 0) is 18.2 Å². The van der Waals surface area contributed by atoms with Crippen LogP contribution in [0.15, 0.2) is 18.2 Å². The number of aromatic amines is 1. The minimum absolute atomic E-state index is 0.0338. The highest BCUT2D eigenvalue weighted by molar-refractivity contribution is 6.31. The average Bonchev–Trinajstić information content (AvgIpc) is 3.33. The summed E-state index contributed by atoms with van der Waals surface area (Å²) in [5.41, 5.74) is 12.5. The van der Waals surface area contributed by atoms with Gasteiger partial charge < -0.3 is 31.8 Å². The Bertz CT molecular complexity index is 1210. The van der Waals surface area contributed by atoms with Crippen LogP contribution >= 0.6 is 11.6 Å². The lowest BCUT2D eigenvalue weighted by atomic mass is 10.1. The maximum Gasteiger partial charge on any atom is 0.328 e. The number of imidazole rings is 1. The number of nitrogens with zero attached hydrogens (tertiary/aromatic N) is 3. The number of carbonyl (C=O) groups is 3. The maximum absolute atomic E-state index is 12.4. The number of H-pyrrole nitrogens is 1. The molecule has 2 aromatic heterocycles. The topological polar surface area (TPSA) is 191 Å². The normalized spacial score (nSPS) is 15.6. The van der Waals surface area contributed by atoms with E-state index in [-0.39, 0.29) is 35.6 Å². The Labute approximate surface area is 179 Å². The summed E-state index contributed by atoms with van der Waals surface area (Å²) in [7, 11) is 0. The molecule has 1 aliphatic heterocycles. The number of anilines is 2. The van der Waals surface area contributed by atoms with Crippen molar-refractivity contribution in [1.29, 1.82) is 0 Å². The molecule has 0 radical (unpaired) electrons. The van der Waals surface area contributed by atoms with Crippen molar-refractivity contribution in [1.82, 2.24) is 30.6 Å². The standard InChI is InChI=1S/C18H17ClN8O4/c19-13-15(21)27-14(20)12(26-13)17(29)22-6-11-23-8-2-1-7(5-10(8)24-11)16(28)25-9-3-4-31-18(9)30/h1-2,5,9H,3-4,6H2,(H,22,29)(H,23,24)(H,25,28)(H4,20,21,27). The zero-order valence-corrected chi connectivity index (χ0v) is 16.7. The monoisotopic (exact) mass is 444 g/mol. The summed E-state index contributed by atoms with van der Waals surface area (Å²) in [4.78, 5) is 51.2. The van der Waals surface area contributed by atoms with Crippen molar-refractivity contribution < 1.29 is 19.1 Å². The molecule has 1 aliphatic rings. The number of esters is 1. The van der Waals surface area contributed by atoms with Crippen LogP contribution in [0.2, 0.25) is 5.15 Å². The summed E-state index contributed by atoms with van der Waals surface area (Å²) >= 11 is 5.79. The Balaban J connectivity index is 1.44. The van der Waals surface area contributed by atoms with E-state index in [2.05, 4.69) is 30.6 Å². The van der Waals surface area contributed by atoms with E-state index in [1.165, 1.54) is 0 Å². The van der Waals surface area contributed by atoms with Gasteiger partial charge in [0.2, 0.25) is 0 Å². The van der Waals surface area contributed by atoms with E-state index in [1.54, 1.807) is 18.2 Å². The number of rotatable bonds is 5. The SMILES string of the molecule is Nc1nc(N)c(C(=O)NCc2nc3ccc(C(=O)NC4CCOC4=O)cc3[nH]2)nc1Cl. The van der Waals surface area contributed by atoms with E-state index in [1.807, 2.05) is 0 Å². The Kier molecular flexibility index (Phi) is 5.29. The fraction of sp³-hybridized carbons (Fsp3) is 0.222. The van der Waals surface area contributed by atoms with Crippen molar-refractivity contribution in [2.75, 3.05) is 18.1 Å². The summed E-state index contributed by atoms with van der Waals surface area (Å²) in [6, 6.07) is 4.20. The minimum atomic E-state index is -0.645. The van der Waals surface area contributed by atoms with Crippen molar-refractivity contribution in [3.63, 3.8) is 0 Å². The quantitative estimate of drug-likeness (QED) is 0.340. The molecule has 0 saturated carbocycles. The zero-order valence-electron chi connectivity index (χ0n) is 15.9. The predicted octanol–water partition coefficient (Wildman–Crippen LogP) is 0.146. The largest absolute Gasteiger partial charge is 0.464 e. The van der Waals surface area contributed by atoms with Crippen LogP contribution in [0.25, 0.3) is 11.0 Å². The molecule has 1 saturated heterocycles. The highest BCUT2D eigenvalue weighted by Gasteiger charge is 2.28. The van der Waals surface area contributed by atoms with E-state index in [0.717, 1.165) is 0 Å². The van der Waals surface area contributed by atoms with E-state index in [0.29, 0.717) is 28.8 Å². The zero-order chi connectivity index (χ0) is 22.1. The Hall–Kier alpha value is -3.93. The molecule has 31 heavy (non-hydrogen) atoms. The summed E-state index contributed by atoms with van der Waals surface area (Å²) in [5.74, 6) is -1.22. The Morgan fingerprint density at radius 1 is 1.19 bits per heavy atom. The van der Waals surface area contributed by atoms with E-state index >= 15 is 0 Å². The number of nitrogens with two attached hydrogens (primary N) is 2. The van der Waals surface area contributed by atoms with Crippen LogP contribution in [0, 0.1) is 0 Å². The lowest BCUT2D eigenvalue weighted by molar-refractivity contribution is -0.139. The lowest BCUT2D eigenvalue weighted by Gasteiger charge is -2.08. The van der Waals surface area contributed by atoms with Crippen molar-refractivity contribution in [2.24, 2.45) is 0 Å². The average molecular weight is 445 g/mol. The van der Waals surface area contributed by atoms with Gasteiger partial charge in [0.25, 0.3) is 11.8 Å². The second-order valence-electron chi connectivity index (χ2n) is 6.71. The molecule has 1 atom stereocenters. The molecule has 0 aliphatic carbocycles. The summed E-state index contributed by atoms with van der Waals surface area (Å²) in [6.45, 7) is 0.324. The van der Waals surface area contributed by atoms with Crippen molar-refractivity contribution in [3.05, 3.63) is 40.4 Å². The van der Waals surface area contributed by atoms with Gasteiger partial charge >= 0.3 is 5.97 Å². The number of amides is 2. The molecule has 3 aromatic rings. The van der Waals surface area contributed by atoms with Crippen LogP contribution < -0.4 is 22.1 Å². The number of nitrogen functional groups attached to an aromatic ring is 2. The first-order chi connectivity index (χ1) is 14.8. The number of carbonyl (C=O) groups excluding carboxylic acids is 3. The Morgan fingerprint density at radius 3 is 2.74 bits per heavy atom. The maximum atomic E-state index is 12.4. The summed E-state index contributed by atoms with van der Waals surface area (Å²) in [5, 5.41) is 5.12. The molecule has 160 valence electrons. The van der Waals surface area contributed by atoms with Gasteiger partial charge in [-0.3, -0.25) is 9.59 Å². The van der Waals surface area contributed by atoms with E-state index < -0.39 is 23.8 Å². The predicted molar refractivity (Wildman–Crippen MR) is 110 cm³/mol. The minimum Gasteiger partial charge on any atom is -0.464 e. The number of cyclic esters (lactones) is 1. The van der Waals surface area contributed by atoms with Crippen LogP contribution in [0.5, 0.6) is 0 Å². The highest BCUT2D eigenvalue weighted by Crippen LogP contribution is 2.18. The number of ether oxygens (including phenoxy) is 1. The Morgan fingerprint density at radius 2 is 2.00 bits per heavy atom. The molecule has 3 heterocycles. The fourth-order valence-electron chi connectivity index (χ4n) is 3.01. The number of aromatic nitrogens is 4. The van der Waals surface area contributed by atoms with Crippen LogP contribution in [0.3, 0.4) is 0 Å². The lowest BCUT2D eigenvalue weighted by Crippen LogP contribution is -2.37. The third-order valence-electron chi connectivity index (χ3n) is 4.57. The van der Waals surface area contributed by atoms with Crippen LogP contribution in [-0.2, 0) is 16.1 Å². The van der Waals surface area contributed by atoms with Crippen LogP contribution in [0.4, 0.5) is 11.6 Å². The molecule has 7 N–H and O–H groups in total. The molecule has 13 heteroatoms. The third kappa shape index (κ3) is 4.19. The highest BCUT2D eigenvalue weighted by atomic mass is 35.5. The number of hydrogen-bond acceptors (Lipinski definition) is 9.